The third-order valence-corrected chi connectivity index (χ3v) is 14.3. The molecule has 5 amide bonds. The summed E-state index contributed by atoms with van der Waals surface area (Å²) in [5.41, 5.74) is 4.80. The van der Waals surface area contributed by atoms with Crippen molar-refractivity contribution in [2.24, 2.45) is 5.92 Å². The van der Waals surface area contributed by atoms with Gasteiger partial charge in [-0.2, -0.15) is 5.26 Å². The molecule has 0 radical (unpaired) electrons. The van der Waals surface area contributed by atoms with Crippen molar-refractivity contribution in [2.75, 3.05) is 37.6 Å². The van der Waals surface area contributed by atoms with Crippen LogP contribution in [0.25, 0.3) is 0 Å². The Labute approximate surface area is 349 Å². The maximum atomic E-state index is 13.8. The lowest BCUT2D eigenvalue weighted by Crippen LogP contribution is -2.54. The molecule has 5 saturated heterocycles. The largest absolute Gasteiger partial charge is 0.490 e. The molecule has 0 saturated carbocycles. The van der Waals surface area contributed by atoms with Crippen LogP contribution in [0.15, 0.2) is 54.6 Å². The zero-order valence-electron chi connectivity index (χ0n) is 33.3. The van der Waals surface area contributed by atoms with E-state index in [0.717, 1.165) is 106 Å². The van der Waals surface area contributed by atoms with Gasteiger partial charge in [-0.1, -0.05) is 23.7 Å². The van der Waals surface area contributed by atoms with Crippen LogP contribution in [0.3, 0.4) is 0 Å². The highest BCUT2D eigenvalue weighted by atomic mass is 35.5. The summed E-state index contributed by atoms with van der Waals surface area (Å²) >= 11 is 6.40. The number of nitrogens with one attached hydrogen (secondary N) is 1. The highest BCUT2D eigenvalue weighted by Crippen LogP contribution is 2.40. The average Bonchev–Trinajstić information content (AvgIpc) is 3.66. The normalized spacial score (nSPS) is 25.3. The zero-order chi connectivity index (χ0) is 40.9. The Hall–Kier alpha value is -5.25. The fourth-order valence-corrected chi connectivity index (χ4v) is 10.7. The molecule has 3 unspecified atom stereocenters. The molecule has 9 rings (SSSR count). The number of piperidine rings is 4. The van der Waals surface area contributed by atoms with Crippen LogP contribution in [-0.2, 0) is 9.59 Å². The average molecular weight is 817 g/mol. The lowest BCUT2D eigenvalue weighted by atomic mass is 9.87. The number of benzene rings is 3. The zero-order valence-corrected chi connectivity index (χ0v) is 34.1. The van der Waals surface area contributed by atoms with Crippen molar-refractivity contribution in [3.63, 3.8) is 0 Å². The van der Waals surface area contributed by atoms with Gasteiger partial charge >= 0.3 is 0 Å². The van der Waals surface area contributed by atoms with E-state index in [4.69, 9.17) is 16.3 Å². The molecule has 2 bridgehead atoms. The van der Waals surface area contributed by atoms with E-state index < -0.39 is 23.8 Å². The van der Waals surface area contributed by atoms with Crippen LogP contribution >= 0.6 is 11.6 Å². The van der Waals surface area contributed by atoms with E-state index in [1.165, 1.54) is 5.56 Å². The number of likely N-dealkylation sites (tertiary alicyclic amines) is 1. The lowest BCUT2D eigenvalue weighted by molar-refractivity contribution is -0.136. The highest BCUT2D eigenvalue weighted by molar-refractivity contribution is 6.32. The van der Waals surface area contributed by atoms with Gasteiger partial charge in [0.05, 0.1) is 21.7 Å². The van der Waals surface area contributed by atoms with Gasteiger partial charge in [0.1, 0.15) is 24.0 Å². The number of amides is 5. The molecule has 3 aromatic rings. The number of hydrogen-bond acceptors (Lipinski definition) is 9. The Morgan fingerprint density at radius 2 is 1.54 bits per heavy atom. The number of ether oxygens (including phenoxy) is 1. The maximum absolute atomic E-state index is 13.8. The van der Waals surface area contributed by atoms with E-state index in [1.807, 2.05) is 31.2 Å². The number of hydrogen-bond donors (Lipinski definition) is 1. The molecule has 0 spiro atoms. The SMILES string of the molecule is Cc1c(OC2CC3CCC(C2)N3C(=O)c2ccc(C3CCN(CC4CCN(c5ccc6c(c5)C(=O)N(C5CCC(=O)NC5=O)C6=O)CC4)CC3)cc2)ccc(C#N)c1Cl. The van der Waals surface area contributed by atoms with Gasteiger partial charge in [-0.25, -0.2) is 0 Å². The molecule has 5 fully saturated rings. The van der Waals surface area contributed by atoms with Gasteiger partial charge in [-0.3, -0.25) is 34.2 Å². The van der Waals surface area contributed by atoms with Crippen LogP contribution in [-0.4, -0.2) is 101 Å². The van der Waals surface area contributed by atoms with Crippen LogP contribution in [0.5, 0.6) is 5.75 Å². The summed E-state index contributed by atoms with van der Waals surface area (Å²) in [6.45, 7) is 6.77. The smallest absolute Gasteiger partial charge is 0.262 e. The molecule has 0 aromatic heterocycles. The fourth-order valence-electron chi connectivity index (χ4n) is 10.5. The Balaban J connectivity index is 0.732. The van der Waals surface area contributed by atoms with Crippen molar-refractivity contribution in [3.05, 3.63) is 93.0 Å². The molecule has 59 heavy (non-hydrogen) atoms. The van der Waals surface area contributed by atoms with Crippen molar-refractivity contribution < 1.29 is 28.7 Å². The van der Waals surface area contributed by atoms with Crippen molar-refractivity contribution >= 4 is 46.8 Å². The minimum atomic E-state index is -0.966. The molecular formula is C46H49ClN6O6. The topological polar surface area (TPSA) is 143 Å². The van der Waals surface area contributed by atoms with E-state index >= 15 is 0 Å². The predicted molar refractivity (Wildman–Crippen MR) is 220 cm³/mol. The first kappa shape index (κ1) is 39.2. The fraction of sp³-hybridized carbons (Fsp3) is 0.478. The first-order valence-electron chi connectivity index (χ1n) is 21.2. The number of imide groups is 2. The van der Waals surface area contributed by atoms with Crippen molar-refractivity contribution in [1.29, 1.82) is 5.26 Å². The highest BCUT2D eigenvalue weighted by Gasteiger charge is 2.46. The molecule has 13 heteroatoms. The van der Waals surface area contributed by atoms with Gasteiger partial charge in [-0.05, 0) is 125 Å². The molecule has 306 valence electrons. The van der Waals surface area contributed by atoms with E-state index in [1.54, 1.807) is 18.2 Å². The number of fused-ring (bicyclic) bond motifs is 3. The molecule has 1 N–H and O–H groups in total. The number of halogens is 1. The molecule has 6 heterocycles. The summed E-state index contributed by atoms with van der Waals surface area (Å²) in [4.78, 5) is 72.4. The van der Waals surface area contributed by atoms with Gasteiger partial charge in [-0.15, -0.1) is 0 Å². The molecule has 0 aliphatic carbocycles. The second kappa shape index (κ2) is 16.1. The Bertz CT molecular complexity index is 2230. The second-order valence-electron chi connectivity index (χ2n) is 17.3. The van der Waals surface area contributed by atoms with Crippen LogP contribution in [0.2, 0.25) is 5.02 Å². The molecular weight excluding hydrogens is 768 g/mol. The molecule has 12 nitrogen and oxygen atoms in total. The second-order valence-corrected chi connectivity index (χ2v) is 17.7. The third-order valence-electron chi connectivity index (χ3n) is 13.8. The van der Waals surface area contributed by atoms with Crippen molar-refractivity contribution in [3.8, 4) is 11.8 Å². The molecule has 3 aromatic carbocycles. The molecule has 6 aliphatic rings. The molecule has 3 atom stereocenters. The van der Waals surface area contributed by atoms with Crippen molar-refractivity contribution in [2.45, 2.75) is 101 Å². The standard InChI is InChI=1S/C46H49ClN6O6/c1-27-40(12-6-32(25-48)42(27)47)59-36-22-34-7-8-35(23-36)52(34)44(56)31-4-2-29(3-5-31)30-16-18-50(19-17-30)26-28-14-20-51(21-15-28)33-9-10-37-38(24-33)46(58)53(45(37)57)39-11-13-41(54)49-43(39)55/h2-6,9-10,12,24,28,30,34-36,39H,7-8,11,13-23,26H2,1H3,(H,49,54,55). The lowest BCUT2D eigenvalue weighted by Gasteiger charge is -2.39. The monoisotopic (exact) mass is 816 g/mol. The summed E-state index contributed by atoms with van der Waals surface area (Å²) in [7, 11) is 0. The first-order valence-corrected chi connectivity index (χ1v) is 21.6. The van der Waals surface area contributed by atoms with E-state index in [2.05, 4.69) is 38.2 Å². The summed E-state index contributed by atoms with van der Waals surface area (Å²) in [6.07, 6.45) is 8.02. The first-order chi connectivity index (χ1) is 28.6. The Morgan fingerprint density at radius 3 is 2.22 bits per heavy atom. The predicted octanol–water partition coefficient (Wildman–Crippen LogP) is 6.23. The summed E-state index contributed by atoms with van der Waals surface area (Å²) in [5.74, 6) is -0.0724. The van der Waals surface area contributed by atoms with Gasteiger partial charge in [0, 0.05) is 67.8 Å². The van der Waals surface area contributed by atoms with Crippen LogP contribution in [0, 0.1) is 24.2 Å². The maximum Gasteiger partial charge on any atom is 0.262 e. The van der Waals surface area contributed by atoms with Gasteiger partial charge in [0.2, 0.25) is 11.8 Å². The van der Waals surface area contributed by atoms with Crippen molar-refractivity contribution in [1.82, 2.24) is 20.0 Å². The summed E-state index contributed by atoms with van der Waals surface area (Å²) < 4.78 is 6.40. The van der Waals surface area contributed by atoms with Crippen LogP contribution in [0.1, 0.15) is 118 Å². The minimum absolute atomic E-state index is 0.000764. The summed E-state index contributed by atoms with van der Waals surface area (Å²) in [5, 5.41) is 12.0. The number of nitrogens with zero attached hydrogens (tertiary/aromatic N) is 5. The quantitative estimate of drug-likeness (QED) is 0.262. The van der Waals surface area contributed by atoms with Gasteiger partial charge in [0.25, 0.3) is 17.7 Å². The number of nitriles is 1. The number of carbonyl (C=O) groups is 5. The van der Waals surface area contributed by atoms with E-state index in [-0.39, 0.29) is 42.8 Å². The van der Waals surface area contributed by atoms with Crippen LogP contribution < -0.4 is 15.0 Å². The van der Waals surface area contributed by atoms with Gasteiger partial charge in [0.15, 0.2) is 0 Å². The third kappa shape index (κ3) is 7.48. The Morgan fingerprint density at radius 1 is 0.847 bits per heavy atom. The number of carbonyl (C=O) groups excluding carboxylic acids is 5. The number of anilines is 1. The van der Waals surface area contributed by atoms with Crippen LogP contribution in [0.4, 0.5) is 5.69 Å². The number of rotatable bonds is 8. The van der Waals surface area contributed by atoms with E-state index in [9.17, 15) is 29.2 Å². The summed E-state index contributed by atoms with van der Waals surface area (Å²) in [6, 6.07) is 18.7. The minimum Gasteiger partial charge on any atom is -0.490 e. The van der Waals surface area contributed by atoms with E-state index in [0.29, 0.717) is 39.3 Å². The van der Waals surface area contributed by atoms with Gasteiger partial charge < -0.3 is 19.4 Å². The Kier molecular flexibility index (Phi) is 10.7. The molecule has 6 aliphatic heterocycles.